The average molecular weight is 406 g/mol. The lowest BCUT2D eigenvalue weighted by Gasteiger charge is -2.34. The van der Waals surface area contributed by atoms with E-state index in [2.05, 4.69) is 16.8 Å². The van der Waals surface area contributed by atoms with Crippen LogP contribution in [0.5, 0.6) is 0 Å². The number of rotatable bonds is 7. The molecule has 2 saturated heterocycles. The highest BCUT2D eigenvalue weighted by atomic mass is 16.5. The number of likely N-dealkylation sites (N-methyl/N-ethyl adjacent to an activating group) is 1. The molecule has 0 atom stereocenters. The predicted octanol–water partition coefficient (Wildman–Crippen LogP) is -0.439. The maximum Gasteiger partial charge on any atom is 0.256 e. The number of aliphatic hydroxyl groups excluding tert-OH is 2. The number of anilines is 2. The second-order valence-corrected chi connectivity index (χ2v) is 7.77. The molecular weight excluding hydrogens is 374 g/mol. The summed E-state index contributed by atoms with van der Waals surface area (Å²) in [5.41, 5.74) is 0. The first-order valence-corrected chi connectivity index (χ1v) is 10.4. The summed E-state index contributed by atoms with van der Waals surface area (Å²) in [7, 11) is 2.13. The number of aromatic nitrogens is 4. The van der Waals surface area contributed by atoms with E-state index < -0.39 is 0 Å². The molecule has 10 heteroatoms. The maximum atomic E-state index is 9.45. The van der Waals surface area contributed by atoms with Crippen LogP contribution in [-0.2, 0) is 4.74 Å². The number of hydrogen-bond donors (Lipinski definition) is 2. The Bertz CT molecular complexity index is 794. The first-order valence-electron chi connectivity index (χ1n) is 10.4. The Balaban J connectivity index is 1.74. The smallest absolute Gasteiger partial charge is 0.256 e. The summed E-state index contributed by atoms with van der Waals surface area (Å²) in [5.74, 6) is 3.36. The molecule has 29 heavy (non-hydrogen) atoms. The third kappa shape index (κ3) is 4.45. The number of ether oxygens (including phenoxy) is 1. The van der Waals surface area contributed by atoms with Crippen LogP contribution < -0.4 is 9.80 Å². The Labute approximate surface area is 170 Å². The third-order valence-corrected chi connectivity index (χ3v) is 5.77. The highest BCUT2D eigenvalue weighted by Gasteiger charge is 2.25. The molecule has 0 amide bonds. The van der Waals surface area contributed by atoms with Crippen molar-refractivity contribution in [3.05, 3.63) is 11.9 Å². The van der Waals surface area contributed by atoms with Crippen molar-refractivity contribution < 1.29 is 14.9 Å². The molecule has 2 aliphatic heterocycles. The average Bonchev–Trinajstić information content (AvgIpc) is 3.18. The molecule has 2 fully saturated rings. The monoisotopic (exact) mass is 405 g/mol. The van der Waals surface area contributed by atoms with Crippen molar-refractivity contribution in [3.8, 4) is 0 Å². The van der Waals surface area contributed by atoms with Gasteiger partial charge in [-0.3, -0.25) is 0 Å². The quantitative estimate of drug-likeness (QED) is 0.635. The topological polar surface area (TPSA) is 102 Å². The van der Waals surface area contributed by atoms with Crippen molar-refractivity contribution in [3.63, 3.8) is 0 Å². The fourth-order valence-corrected chi connectivity index (χ4v) is 3.99. The van der Waals surface area contributed by atoms with E-state index in [1.54, 1.807) is 0 Å². The van der Waals surface area contributed by atoms with Gasteiger partial charge < -0.3 is 29.6 Å². The fourth-order valence-electron chi connectivity index (χ4n) is 3.99. The zero-order chi connectivity index (χ0) is 20.2. The summed E-state index contributed by atoms with van der Waals surface area (Å²) in [6, 6.07) is 2.01. The van der Waals surface area contributed by atoms with Crippen LogP contribution in [0, 0.1) is 0 Å². The van der Waals surface area contributed by atoms with Crippen molar-refractivity contribution in [2.75, 3.05) is 82.5 Å². The van der Waals surface area contributed by atoms with Gasteiger partial charge in [0.2, 0.25) is 0 Å². The molecule has 0 radical (unpaired) electrons. The molecule has 160 valence electrons. The first kappa shape index (κ1) is 20.3. The van der Waals surface area contributed by atoms with Gasteiger partial charge in [-0.25, -0.2) is 0 Å². The normalized spacial score (nSPS) is 19.2. The minimum absolute atomic E-state index is 0.00326. The van der Waals surface area contributed by atoms with E-state index in [-0.39, 0.29) is 13.2 Å². The summed E-state index contributed by atoms with van der Waals surface area (Å²) in [4.78, 5) is 16.0. The second kappa shape index (κ2) is 9.21. The zero-order valence-corrected chi connectivity index (χ0v) is 17.1. The van der Waals surface area contributed by atoms with Gasteiger partial charge in [-0.15, -0.1) is 5.10 Å². The van der Waals surface area contributed by atoms with Gasteiger partial charge in [-0.05, 0) is 19.9 Å². The van der Waals surface area contributed by atoms with Crippen molar-refractivity contribution >= 4 is 17.4 Å². The molecular formula is C19H31N7O3. The van der Waals surface area contributed by atoms with Crippen LogP contribution in [-0.4, -0.2) is 107 Å². The molecule has 4 rings (SSSR count). The van der Waals surface area contributed by atoms with Gasteiger partial charge in [0, 0.05) is 64.5 Å². The molecule has 4 heterocycles. The second-order valence-electron chi connectivity index (χ2n) is 7.77. The van der Waals surface area contributed by atoms with Crippen molar-refractivity contribution in [2.45, 2.75) is 18.8 Å². The van der Waals surface area contributed by atoms with Gasteiger partial charge in [0.05, 0.1) is 13.2 Å². The molecule has 2 aromatic heterocycles. The zero-order valence-electron chi connectivity index (χ0n) is 17.1. The maximum absolute atomic E-state index is 9.45. The van der Waals surface area contributed by atoms with Crippen LogP contribution in [0.15, 0.2) is 6.07 Å². The summed E-state index contributed by atoms with van der Waals surface area (Å²) in [6.45, 7) is 6.07. The highest BCUT2D eigenvalue weighted by Crippen LogP contribution is 2.28. The number of nitrogens with zero attached hydrogens (tertiary/aromatic N) is 7. The standard InChI is InChI=1S/C19H31N7O3/c1-23-4-6-25(7-5-23)17-14-16(24(8-10-27)9-11-28)20-19-21-18(22-26(17)19)15-2-12-29-13-3-15/h14-15,27-28H,2-13H2,1H3. The molecule has 2 aliphatic rings. The van der Waals surface area contributed by atoms with Crippen molar-refractivity contribution in [2.24, 2.45) is 0 Å². The van der Waals surface area contributed by atoms with Crippen LogP contribution in [0.4, 0.5) is 11.6 Å². The Kier molecular flexibility index (Phi) is 6.43. The molecule has 0 spiro atoms. The molecule has 0 unspecified atom stereocenters. The Hall–Kier alpha value is -2.01. The lowest BCUT2D eigenvalue weighted by Crippen LogP contribution is -2.45. The van der Waals surface area contributed by atoms with Crippen LogP contribution in [0.2, 0.25) is 0 Å². The summed E-state index contributed by atoms with van der Waals surface area (Å²) < 4.78 is 7.34. The van der Waals surface area contributed by atoms with Gasteiger partial charge in [0.25, 0.3) is 5.78 Å². The van der Waals surface area contributed by atoms with E-state index in [9.17, 15) is 10.2 Å². The summed E-state index contributed by atoms with van der Waals surface area (Å²) >= 11 is 0. The molecule has 0 saturated carbocycles. The van der Waals surface area contributed by atoms with E-state index in [1.165, 1.54) is 0 Å². The van der Waals surface area contributed by atoms with Gasteiger partial charge in [0.1, 0.15) is 11.6 Å². The number of hydrogen-bond acceptors (Lipinski definition) is 9. The highest BCUT2D eigenvalue weighted by molar-refractivity contribution is 5.57. The lowest BCUT2D eigenvalue weighted by atomic mass is 10.00. The molecule has 0 aromatic carbocycles. The first-order chi connectivity index (χ1) is 14.2. The van der Waals surface area contributed by atoms with E-state index in [0.717, 1.165) is 63.9 Å². The molecule has 2 N–H and O–H groups in total. The SMILES string of the molecule is CN1CCN(c2cc(N(CCO)CCO)nc3nc(C4CCOCC4)nn23)CC1. The molecule has 2 aromatic rings. The van der Waals surface area contributed by atoms with E-state index in [4.69, 9.17) is 19.8 Å². The minimum Gasteiger partial charge on any atom is -0.395 e. The minimum atomic E-state index is -0.00326. The van der Waals surface area contributed by atoms with Gasteiger partial charge >= 0.3 is 0 Å². The molecule has 10 nitrogen and oxygen atoms in total. The number of aliphatic hydroxyl groups is 2. The van der Waals surface area contributed by atoms with Crippen molar-refractivity contribution in [1.29, 1.82) is 0 Å². The Morgan fingerprint density at radius 3 is 2.41 bits per heavy atom. The molecule has 0 bridgehead atoms. The summed E-state index contributed by atoms with van der Waals surface area (Å²) in [6.07, 6.45) is 1.85. The van der Waals surface area contributed by atoms with Crippen LogP contribution in [0.25, 0.3) is 5.78 Å². The van der Waals surface area contributed by atoms with Crippen LogP contribution >= 0.6 is 0 Å². The van der Waals surface area contributed by atoms with E-state index in [1.807, 2.05) is 15.5 Å². The number of fused-ring (bicyclic) bond motifs is 1. The predicted molar refractivity (Wildman–Crippen MR) is 110 cm³/mol. The fraction of sp³-hybridized carbons (Fsp3) is 0.737. The summed E-state index contributed by atoms with van der Waals surface area (Å²) in [5, 5.41) is 23.7. The Morgan fingerprint density at radius 2 is 1.76 bits per heavy atom. The Morgan fingerprint density at radius 1 is 1.07 bits per heavy atom. The van der Waals surface area contributed by atoms with Crippen LogP contribution in [0.3, 0.4) is 0 Å². The molecule has 0 aliphatic carbocycles. The largest absolute Gasteiger partial charge is 0.395 e. The van der Waals surface area contributed by atoms with Crippen LogP contribution in [0.1, 0.15) is 24.6 Å². The van der Waals surface area contributed by atoms with E-state index in [0.29, 0.717) is 30.6 Å². The van der Waals surface area contributed by atoms with Gasteiger partial charge in [0.15, 0.2) is 5.82 Å². The van der Waals surface area contributed by atoms with Gasteiger partial charge in [-0.2, -0.15) is 14.5 Å². The number of piperazine rings is 1. The van der Waals surface area contributed by atoms with Crippen molar-refractivity contribution in [1.82, 2.24) is 24.5 Å². The van der Waals surface area contributed by atoms with E-state index >= 15 is 0 Å². The van der Waals surface area contributed by atoms with Gasteiger partial charge in [-0.1, -0.05) is 0 Å². The third-order valence-electron chi connectivity index (χ3n) is 5.77. The lowest BCUT2D eigenvalue weighted by molar-refractivity contribution is 0.0836.